The molecule has 0 fully saturated rings. The van der Waals surface area contributed by atoms with Gasteiger partial charge in [0.15, 0.2) is 5.76 Å². The van der Waals surface area contributed by atoms with Crippen molar-refractivity contribution < 1.29 is 19.7 Å². The second-order valence-corrected chi connectivity index (χ2v) is 4.67. The normalized spacial score (nSPS) is 15.2. The minimum absolute atomic E-state index is 0.0540. The molecule has 0 atom stereocenters. The van der Waals surface area contributed by atoms with Crippen LogP contribution in [0.15, 0.2) is 42.2 Å². The van der Waals surface area contributed by atoms with Gasteiger partial charge in [0.05, 0.1) is 5.56 Å². The van der Waals surface area contributed by atoms with Gasteiger partial charge in [-0.25, -0.2) is 0 Å². The van der Waals surface area contributed by atoms with Gasteiger partial charge in [-0.15, -0.1) is 0 Å². The zero-order valence-electron chi connectivity index (χ0n) is 10.8. The molecule has 1 aliphatic heterocycles. The number of ether oxygens (including phenoxy) is 1. The molecule has 2 N–H and O–H groups in total. The Labute approximate surface area is 115 Å². The smallest absolute Gasteiger partial charge is 0.231 e. The highest BCUT2D eigenvalue weighted by atomic mass is 16.5. The minimum Gasteiger partial charge on any atom is -0.508 e. The molecule has 0 spiro atoms. The Hall–Kier alpha value is -2.75. The summed E-state index contributed by atoms with van der Waals surface area (Å²) in [5, 5.41) is 18.9. The number of Topliss-reactive ketones (excluding diaryl/α,β-unsaturated/α-hetero) is 1. The first-order chi connectivity index (χ1) is 9.54. The maximum atomic E-state index is 12.1. The van der Waals surface area contributed by atoms with E-state index in [4.69, 9.17) is 4.74 Å². The maximum absolute atomic E-state index is 12.1. The molecule has 0 saturated heterocycles. The van der Waals surface area contributed by atoms with E-state index in [2.05, 4.69) is 0 Å². The number of aryl methyl sites for hydroxylation is 1. The van der Waals surface area contributed by atoms with Gasteiger partial charge in [0.2, 0.25) is 5.78 Å². The van der Waals surface area contributed by atoms with Crippen molar-refractivity contribution in [3.05, 3.63) is 58.8 Å². The molecular formula is C16H12O4. The lowest BCUT2D eigenvalue weighted by Crippen LogP contribution is -1.98. The van der Waals surface area contributed by atoms with Gasteiger partial charge >= 0.3 is 0 Å². The van der Waals surface area contributed by atoms with Crippen molar-refractivity contribution in [2.24, 2.45) is 0 Å². The maximum Gasteiger partial charge on any atom is 0.231 e. The third-order valence-corrected chi connectivity index (χ3v) is 3.17. The monoisotopic (exact) mass is 268 g/mol. The molecule has 0 aromatic heterocycles. The molecule has 1 heterocycles. The van der Waals surface area contributed by atoms with Gasteiger partial charge in [0.25, 0.3) is 0 Å². The van der Waals surface area contributed by atoms with Gasteiger partial charge < -0.3 is 14.9 Å². The van der Waals surface area contributed by atoms with E-state index in [-0.39, 0.29) is 23.0 Å². The van der Waals surface area contributed by atoms with E-state index in [9.17, 15) is 15.0 Å². The Kier molecular flexibility index (Phi) is 2.71. The molecule has 0 bridgehead atoms. The molecule has 0 amide bonds. The number of benzene rings is 2. The van der Waals surface area contributed by atoms with E-state index < -0.39 is 0 Å². The first kappa shape index (κ1) is 12.3. The zero-order valence-corrected chi connectivity index (χ0v) is 10.8. The molecule has 1 aliphatic rings. The first-order valence-electron chi connectivity index (χ1n) is 6.11. The molecule has 4 heteroatoms. The summed E-state index contributed by atoms with van der Waals surface area (Å²) in [6, 6.07) is 9.44. The Bertz CT molecular complexity index is 744. The lowest BCUT2D eigenvalue weighted by atomic mass is 10.1. The quantitative estimate of drug-likeness (QED) is 0.780. The van der Waals surface area contributed by atoms with Crippen LogP contribution in [0.4, 0.5) is 0 Å². The van der Waals surface area contributed by atoms with Gasteiger partial charge in [-0.2, -0.15) is 0 Å². The zero-order chi connectivity index (χ0) is 14.3. The molecule has 100 valence electrons. The molecule has 0 aliphatic carbocycles. The van der Waals surface area contributed by atoms with Gasteiger partial charge in [0.1, 0.15) is 17.2 Å². The fraction of sp³-hybridized carbons (Fsp3) is 0.0625. The lowest BCUT2D eigenvalue weighted by molar-refractivity contribution is 0.101. The number of phenolic OH excluding ortho intramolecular Hbond substituents is 2. The van der Waals surface area contributed by atoms with Crippen molar-refractivity contribution in [1.82, 2.24) is 0 Å². The van der Waals surface area contributed by atoms with Crippen LogP contribution in [-0.4, -0.2) is 16.0 Å². The number of carbonyl (C=O) groups is 1. The summed E-state index contributed by atoms with van der Waals surface area (Å²) < 4.78 is 5.46. The van der Waals surface area contributed by atoms with E-state index in [1.807, 2.05) is 0 Å². The van der Waals surface area contributed by atoms with Gasteiger partial charge in [-0.1, -0.05) is 6.07 Å². The van der Waals surface area contributed by atoms with Crippen LogP contribution in [0.1, 0.15) is 21.5 Å². The molecular weight excluding hydrogens is 256 g/mol. The van der Waals surface area contributed by atoms with Crippen molar-refractivity contribution in [1.29, 1.82) is 0 Å². The van der Waals surface area contributed by atoms with Gasteiger partial charge in [-0.05, 0) is 48.4 Å². The summed E-state index contributed by atoms with van der Waals surface area (Å²) in [4.78, 5) is 12.1. The van der Waals surface area contributed by atoms with E-state index in [0.717, 1.165) is 11.1 Å². The standard InChI is InChI=1S/C16H12O4/c1-9-6-10(2-5-13(9)18)7-15-16(19)12-4-3-11(17)8-14(12)20-15/h2-8,17-18H,1H3. The number of carbonyl (C=O) groups excluding carboxylic acids is 1. The molecule has 0 unspecified atom stereocenters. The molecule has 20 heavy (non-hydrogen) atoms. The molecule has 4 nitrogen and oxygen atoms in total. The molecule has 2 aromatic carbocycles. The summed E-state index contributed by atoms with van der Waals surface area (Å²) in [5.41, 5.74) is 1.92. The predicted octanol–water partition coefficient (Wildman–Crippen LogP) is 3.02. The van der Waals surface area contributed by atoms with E-state index >= 15 is 0 Å². The Morgan fingerprint density at radius 1 is 1.10 bits per heavy atom. The summed E-state index contributed by atoms with van der Waals surface area (Å²) >= 11 is 0. The minimum atomic E-state index is -0.217. The highest BCUT2D eigenvalue weighted by molar-refractivity contribution is 6.14. The van der Waals surface area contributed by atoms with Gasteiger partial charge in [0, 0.05) is 6.07 Å². The van der Waals surface area contributed by atoms with Gasteiger partial charge in [-0.3, -0.25) is 4.79 Å². The van der Waals surface area contributed by atoms with Crippen LogP contribution in [0.25, 0.3) is 6.08 Å². The number of rotatable bonds is 1. The highest BCUT2D eigenvalue weighted by Crippen LogP contribution is 2.34. The van der Waals surface area contributed by atoms with Crippen LogP contribution in [0.5, 0.6) is 17.2 Å². The van der Waals surface area contributed by atoms with Crippen LogP contribution in [0.3, 0.4) is 0 Å². The number of hydrogen-bond donors (Lipinski definition) is 2. The average Bonchev–Trinajstić information content (AvgIpc) is 2.70. The Morgan fingerprint density at radius 3 is 2.65 bits per heavy atom. The third kappa shape index (κ3) is 2.01. The van der Waals surface area contributed by atoms with Crippen molar-refractivity contribution in [3.8, 4) is 17.2 Å². The largest absolute Gasteiger partial charge is 0.508 e. The molecule has 2 aromatic rings. The average molecular weight is 268 g/mol. The van der Waals surface area contributed by atoms with Crippen LogP contribution >= 0.6 is 0 Å². The van der Waals surface area contributed by atoms with Crippen molar-refractivity contribution in [3.63, 3.8) is 0 Å². The summed E-state index contributed by atoms with van der Waals surface area (Å²) in [6.07, 6.45) is 1.62. The number of phenols is 2. The summed E-state index contributed by atoms with van der Waals surface area (Å²) in [5.74, 6) is 0.607. The molecule has 0 radical (unpaired) electrons. The van der Waals surface area contributed by atoms with E-state index in [0.29, 0.717) is 11.3 Å². The Balaban J connectivity index is 1.99. The predicted molar refractivity (Wildman–Crippen MR) is 73.9 cm³/mol. The summed E-state index contributed by atoms with van der Waals surface area (Å²) in [7, 11) is 0. The van der Waals surface area contributed by atoms with Crippen LogP contribution in [-0.2, 0) is 0 Å². The number of fused-ring (bicyclic) bond motifs is 1. The van der Waals surface area contributed by atoms with Crippen molar-refractivity contribution >= 4 is 11.9 Å². The molecule has 0 saturated carbocycles. The van der Waals surface area contributed by atoms with Crippen LogP contribution in [0.2, 0.25) is 0 Å². The number of allylic oxidation sites excluding steroid dienone is 1. The number of aromatic hydroxyl groups is 2. The van der Waals surface area contributed by atoms with Crippen LogP contribution in [0, 0.1) is 6.92 Å². The Morgan fingerprint density at radius 2 is 1.90 bits per heavy atom. The van der Waals surface area contributed by atoms with Crippen molar-refractivity contribution in [2.75, 3.05) is 0 Å². The third-order valence-electron chi connectivity index (χ3n) is 3.17. The fourth-order valence-corrected chi connectivity index (χ4v) is 2.10. The van der Waals surface area contributed by atoms with E-state index in [1.54, 1.807) is 31.2 Å². The number of hydrogen-bond acceptors (Lipinski definition) is 4. The highest BCUT2D eigenvalue weighted by Gasteiger charge is 2.27. The lowest BCUT2D eigenvalue weighted by Gasteiger charge is -2.01. The summed E-state index contributed by atoms with van der Waals surface area (Å²) in [6.45, 7) is 1.78. The second kappa shape index (κ2) is 4.42. The topological polar surface area (TPSA) is 66.8 Å². The second-order valence-electron chi connectivity index (χ2n) is 4.67. The first-order valence-corrected chi connectivity index (χ1v) is 6.11. The van der Waals surface area contributed by atoms with E-state index in [1.165, 1.54) is 18.2 Å². The number of ketones is 1. The van der Waals surface area contributed by atoms with Crippen molar-refractivity contribution in [2.45, 2.75) is 6.92 Å². The van der Waals surface area contributed by atoms with Crippen LogP contribution < -0.4 is 4.74 Å². The SMILES string of the molecule is Cc1cc(C=C2Oc3cc(O)ccc3C2=O)ccc1O. The fourth-order valence-electron chi connectivity index (χ4n) is 2.10. The molecule has 3 rings (SSSR count).